The fourth-order valence-electron chi connectivity index (χ4n) is 3.11. The molecule has 1 aromatic heterocycles. The van der Waals surface area contributed by atoms with Crippen molar-refractivity contribution in [3.63, 3.8) is 0 Å². The van der Waals surface area contributed by atoms with Crippen LogP contribution in [-0.4, -0.2) is 23.8 Å². The van der Waals surface area contributed by atoms with Crippen LogP contribution in [0.25, 0.3) is 0 Å². The van der Waals surface area contributed by atoms with Crippen molar-refractivity contribution in [2.24, 2.45) is 5.92 Å². The number of carbonyl (C=O) groups excluding carboxylic acids is 3. The first-order valence-corrected chi connectivity index (χ1v) is 9.89. The molecular weight excluding hydrogens is 362 g/mol. The Kier molecular flexibility index (Phi) is 5.75. The summed E-state index contributed by atoms with van der Waals surface area (Å²) in [5, 5.41) is 2.70. The molecule has 0 aliphatic heterocycles. The Balaban J connectivity index is 1.59. The van der Waals surface area contributed by atoms with Gasteiger partial charge in [0.05, 0.1) is 0 Å². The molecule has 1 amide bonds. The maximum Gasteiger partial charge on any atom is 0.349 e. The summed E-state index contributed by atoms with van der Waals surface area (Å²) in [6.45, 7) is 5.25. The first-order valence-electron chi connectivity index (χ1n) is 9.08. The fourth-order valence-corrected chi connectivity index (χ4v) is 4.20. The van der Waals surface area contributed by atoms with Crippen molar-refractivity contribution in [3.8, 4) is 0 Å². The first-order chi connectivity index (χ1) is 12.8. The van der Waals surface area contributed by atoms with Crippen molar-refractivity contribution >= 4 is 34.7 Å². The van der Waals surface area contributed by atoms with E-state index in [1.807, 2.05) is 6.07 Å². The smallest absolute Gasteiger partial charge is 0.349 e. The Morgan fingerprint density at radius 1 is 1.22 bits per heavy atom. The second kappa shape index (κ2) is 8.05. The van der Waals surface area contributed by atoms with E-state index >= 15 is 0 Å². The lowest BCUT2D eigenvalue weighted by atomic mass is 9.90. The summed E-state index contributed by atoms with van der Waals surface area (Å²) < 4.78 is 5.34. The molecule has 1 heterocycles. The minimum Gasteiger partial charge on any atom is -0.448 e. The third-order valence-electron chi connectivity index (χ3n) is 4.74. The van der Waals surface area contributed by atoms with Gasteiger partial charge >= 0.3 is 5.97 Å². The third kappa shape index (κ3) is 4.63. The van der Waals surface area contributed by atoms with Gasteiger partial charge in [0.25, 0.3) is 5.91 Å². The molecular formula is C21H23NO4S. The highest BCUT2D eigenvalue weighted by Crippen LogP contribution is 2.32. The van der Waals surface area contributed by atoms with Gasteiger partial charge in [-0.15, -0.1) is 11.3 Å². The number of nitrogens with one attached hydrogen (secondary N) is 1. The Morgan fingerprint density at radius 2 is 1.93 bits per heavy atom. The number of carbonyl (C=O) groups is 3. The standard InChI is InChI=1S/C21H23NO4S/c1-12-4-9-18-16(10-12)11-19(27-18)21(25)26-14(3)20(24)22-17-7-5-15(6-8-17)13(2)23/h5-8,11-12,14H,4,9-10H2,1-3H3,(H,22,24)/t12-,14+/m1/s1. The maximum atomic E-state index is 12.4. The van der Waals surface area contributed by atoms with E-state index in [1.165, 1.54) is 28.7 Å². The van der Waals surface area contributed by atoms with Crippen LogP contribution in [0.4, 0.5) is 5.69 Å². The Morgan fingerprint density at radius 3 is 2.59 bits per heavy atom. The van der Waals surface area contributed by atoms with Crippen LogP contribution >= 0.6 is 11.3 Å². The van der Waals surface area contributed by atoms with Crippen LogP contribution in [-0.2, 0) is 22.4 Å². The van der Waals surface area contributed by atoms with Crippen LogP contribution in [0, 0.1) is 5.92 Å². The SMILES string of the molecule is CC(=O)c1ccc(NC(=O)[C@H](C)OC(=O)c2cc3c(s2)CC[C@@H](C)C3)cc1. The molecule has 0 radical (unpaired) electrons. The van der Waals surface area contributed by atoms with Crippen molar-refractivity contribution in [1.29, 1.82) is 0 Å². The number of hydrogen-bond acceptors (Lipinski definition) is 5. The van der Waals surface area contributed by atoms with Crippen LogP contribution in [0.3, 0.4) is 0 Å². The van der Waals surface area contributed by atoms with Gasteiger partial charge in [-0.05, 0) is 74.9 Å². The molecule has 1 aromatic carbocycles. The normalized spacial score (nSPS) is 16.9. The molecule has 6 heteroatoms. The Bertz CT molecular complexity index is 869. The monoisotopic (exact) mass is 385 g/mol. The van der Waals surface area contributed by atoms with E-state index in [0.717, 1.165) is 19.3 Å². The highest BCUT2D eigenvalue weighted by molar-refractivity contribution is 7.14. The molecule has 0 saturated carbocycles. The molecule has 1 aliphatic carbocycles. The van der Waals surface area contributed by atoms with Gasteiger partial charge < -0.3 is 10.1 Å². The van der Waals surface area contributed by atoms with Crippen LogP contribution in [0.1, 0.15) is 57.7 Å². The number of amides is 1. The van der Waals surface area contributed by atoms with Gasteiger partial charge in [0.2, 0.25) is 0 Å². The van der Waals surface area contributed by atoms with E-state index in [0.29, 0.717) is 22.0 Å². The summed E-state index contributed by atoms with van der Waals surface area (Å²) in [4.78, 5) is 37.8. The van der Waals surface area contributed by atoms with Crippen molar-refractivity contribution in [2.45, 2.75) is 46.1 Å². The number of aryl methyl sites for hydroxylation is 1. The summed E-state index contributed by atoms with van der Waals surface area (Å²) in [7, 11) is 0. The van der Waals surface area contributed by atoms with Gasteiger partial charge in [0.15, 0.2) is 11.9 Å². The van der Waals surface area contributed by atoms with Gasteiger partial charge in [-0.25, -0.2) is 4.79 Å². The number of thiophene rings is 1. The van der Waals surface area contributed by atoms with Crippen molar-refractivity contribution in [3.05, 3.63) is 51.2 Å². The van der Waals surface area contributed by atoms with Gasteiger partial charge in [0.1, 0.15) is 4.88 Å². The summed E-state index contributed by atoms with van der Waals surface area (Å²) in [5.74, 6) is -0.274. The summed E-state index contributed by atoms with van der Waals surface area (Å²) in [6, 6.07) is 8.50. The number of Topliss-reactive ketones (excluding diaryl/α,β-unsaturated/α-hetero) is 1. The Hall–Kier alpha value is -2.47. The molecule has 3 rings (SSSR count). The molecule has 1 N–H and O–H groups in total. The van der Waals surface area contributed by atoms with Gasteiger partial charge in [-0.2, -0.15) is 0 Å². The molecule has 142 valence electrons. The predicted octanol–water partition coefficient (Wildman–Crippen LogP) is 4.26. The predicted molar refractivity (Wildman–Crippen MR) is 105 cm³/mol. The van der Waals surface area contributed by atoms with Gasteiger partial charge in [-0.1, -0.05) is 6.92 Å². The minimum absolute atomic E-state index is 0.0387. The topological polar surface area (TPSA) is 72.5 Å². The first kappa shape index (κ1) is 19.3. The molecule has 0 fully saturated rings. The van der Waals surface area contributed by atoms with E-state index in [1.54, 1.807) is 31.2 Å². The largest absolute Gasteiger partial charge is 0.448 e. The number of hydrogen-bond donors (Lipinski definition) is 1. The zero-order chi connectivity index (χ0) is 19.6. The molecule has 0 saturated heterocycles. The number of esters is 1. The zero-order valence-corrected chi connectivity index (χ0v) is 16.5. The molecule has 27 heavy (non-hydrogen) atoms. The van der Waals surface area contributed by atoms with E-state index < -0.39 is 18.0 Å². The number of anilines is 1. The second-order valence-corrected chi connectivity index (χ2v) is 8.21. The van der Waals surface area contributed by atoms with E-state index in [9.17, 15) is 14.4 Å². The number of ketones is 1. The van der Waals surface area contributed by atoms with Crippen LogP contribution in [0.15, 0.2) is 30.3 Å². The van der Waals surface area contributed by atoms with Crippen LogP contribution in [0.2, 0.25) is 0 Å². The lowest BCUT2D eigenvalue weighted by Gasteiger charge is -2.16. The number of rotatable bonds is 5. The molecule has 0 unspecified atom stereocenters. The average Bonchev–Trinajstić information content (AvgIpc) is 3.05. The van der Waals surface area contributed by atoms with Crippen LogP contribution in [0.5, 0.6) is 0 Å². The zero-order valence-electron chi connectivity index (χ0n) is 15.7. The van der Waals surface area contributed by atoms with Gasteiger partial charge in [0, 0.05) is 16.1 Å². The molecule has 0 bridgehead atoms. The van der Waals surface area contributed by atoms with E-state index in [2.05, 4.69) is 12.2 Å². The summed E-state index contributed by atoms with van der Waals surface area (Å²) in [5.41, 5.74) is 2.35. The fraction of sp³-hybridized carbons (Fsp3) is 0.381. The lowest BCUT2D eigenvalue weighted by Crippen LogP contribution is -2.29. The number of ether oxygens (including phenoxy) is 1. The van der Waals surface area contributed by atoms with Crippen molar-refractivity contribution in [1.82, 2.24) is 0 Å². The quantitative estimate of drug-likeness (QED) is 0.617. The van der Waals surface area contributed by atoms with E-state index in [-0.39, 0.29) is 5.78 Å². The average molecular weight is 385 g/mol. The van der Waals surface area contributed by atoms with E-state index in [4.69, 9.17) is 4.74 Å². The summed E-state index contributed by atoms with van der Waals surface area (Å²) in [6.07, 6.45) is 2.22. The summed E-state index contributed by atoms with van der Waals surface area (Å²) >= 11 is 1.47. The molecule has 5 nitrogen and oxygen atoms in total. The van der Waals surface area contributed by atoms with Crippen molar-refractivity contribution in [2.75, 3.05) is 5.32 Å². The molecule has 1 aliphatic rings. The highest BCUT2D eigenvalue weighted by atomic mass is 32.1. The van der Waals surface area contributed by atoms with Crippen LogP contribution < -0.4 is 5.32 Å². The number of fused-ring (bicyclic) bond motifs is 1. The molecule has 2 aromatic rings. The second-order valence-electron chi connectivity index (χ2n) is 7.08. The lowest BCUT2D eigenvalue weighted by molar-refractivity contribution is -0.123. The Labute approximate surface area is 162 Å². The van der Waals surface area contributed by atoms with Gasteiger partial charge in [-0.3, -0.25) is 9.59 Å². The highest BCUT2D eigenvalue weighted by Gasteiger charge is 2.24. The molecule has 0 spiro atoms. The van der Waals surface area contributed by atoms with Crippen molar-refractivity contribution < 1.29 is 19.1 Å². The third-order valence-corrected chi connectivity index (χ3v) is 5.96. The molecule has 2 atom stereocenters. The number of benzene rings is 1. The minimum atomic E-state index is -0.914. The maximum absolute atomic E-state index is 12.4.